The Kier molecular flexibility index (Phi) is 5.84. The van der Waals surface area contributed by atoms with E-state index in [0.29, 0.717) is 24.3 Å². The Morgan fingerprint density at radius 3 is 2.48 bits per heavy atom. The van der Waals surface area contributed by atoms with E-state index in [1.54, 1.807) is 45.0 Å². The van der Waals surface area contributed by atoms with Gasteiger partial charge >= 0.3 is 6.09 Å². The average molecular weight is 449 g/mol. The van der Waals surface area contributed by atoms with Crippen LogP contribution in [0.5, 0.6) is 0 Å². The summed E-state index contributed by atoms with van der Waals surface area (Å²) in [5.74, 6) is -1.00. The van der Waals surface area contributed by atoms with Crippen LogP contribution < -0.4 is 11.1 Å². The number of likely N-dealkylation sites (tertiary alicyclic amines) is 1. The van der Waals surface area contributed by atoms with Crippen molar-refractivity contribution < 1.29 is 19.1 Å². The molecule has 8 heteroatoms. The number of benzene rings is 2. The number of nitrogens with zero attached hydrogens (tertiary/aromatic N) is 1. The van der Waals surface area contributed by atoms with Gasteiger partial charge in [-0.05, 0) is 57.0 Å². The third-order valence-electron chi connectivity index (χ3n) is 5.68. The monoisotopic (exact) mass is 448 g/mol. The summed E-state index contributed by atoms with van der Waals surface area (Å²) in [6, 6.07) is 15.9. The topological polar surface area (TPSA) is 118 Å². The summed E-state index contributed by atoms with van der Waals surface area (Å²) in [5.41, 5.74) is 7.27. The van der Waals surface area contributed by atoms with E-state index in [1.807, 2.05) is 30.3 Å². The maximum absolute atomic E-state index is 13.5. The molecular formula is C25H28N4O4. The molecule has 0 saturated carbocycles. The van der Waals surface area contributed by atoms with Gasteiger partial charge in [-0.1, -0.05) is 30.3 Å². The summed E-state index contributed by atoms with van der Waals surface area (Å²) in [6.07, 6.45) is 0.147. The molecule has 1 aliphatic heterocycles. The molecule has 2 aromatic carbocycles. The van der Waals surface area contributed by atoms with Gasteiger partial charge in [-0.3, -0.25) is 14.5 Å². The predicted octanol–water partition coefficient (Wildman–Crippen LogP) is 4.00. The molecule has 3 amide bonds. The van der Waals surface area contributed by atoms with E-state index >= 15 is 0 Å². The Morgan fingerprint density at radius 1 is 1.09 bits per heavy atom. The number of fused-ring (bicyclic) bond motifs is 1. The fourth-order valence-electron chi connectivity index (χ4n) is 4.25. The summed E-state index contributed by atoms with van der Waals surface area (Å²) < 4.78 is 5.58. The first-order valence-corrected chi connectivity index (χ1v) is 10.9. The molecule has 33 heavy (non-hydrogen) atoms. The van der Waals surface area contributed by atoms with Crippen LogP contribution in [0.2, 0.25) is 0 Å². The maximum atomic E-state index is 13.5. The molecule has 1 saturated heterocycles. The lowest BCUT2D eigenvalue weighted by molar-refractivity contribution is -0.120. The number of aromatic nitrogens is 1. The fraction of sp³-hybridized carbons (Fsp3) is 0.320. The molecule has 2 heterocycles. The summed E-state index contributed by atoms with van der Waals surface area (Å²) >= 11 is 0. The van der Waals surface area contributed by atoms with Gasteiger partial charge in [-0.25, -0.2) is 4.79 Å². The number of H-pyrrole nitrogens is 1. The lowest BCUT2D eigenvalue weighted by atomic mass is 9.91. The number of hydrogen-bond donors (Lipinski definition) is 3. The first-order valence-electron chi connectivity index (χ1n) is 10.9. The van der Waals surface area contributed by atoms with Crippen LogP contribution in [0.15, 0.2) is 54.6 Å². The van der Waals surface area contributed by atoms with Gasteiger partial charge in [0.05, 0.1) is 0 Å². The van der Waals surface area contributed by atoms with Crippen molar-refractivity contribution in [1.29, 1.82) is 0 Å². The van der Waals surface area contributed by atoms with E-state index in [9.17, 15) is 14.4 Å². The number of aromatic amines is 1. The first-order chi connectivity index (χ1) is 15.6. The zero-order valence-electron chi connectivity index (χ0n) is 18.9. The number of nitrogens with one attached hydrogen (secondary N) is 2. The zero-order valence-corrected chi connectivity index (χ0v) is 18.9. The minimum Gasteiger partial charge on any atom is -0.444 e. The molecule has 172 valence electrons. The summed E-state index contributed by atoms with van der Waals surface area (Å²) in [6.45, 7) is 5.83. The summed E-state index contributed by atoms with van der Waals surface area (Å²) in [4.78, 5) is 42.3. The van der Waals surface area contributed by atoms with Crippen LogP contribution in [0, 0.1) is 0 Å². The zero-order chi connectivity index (χ0) is 23.8. The third-order valence-corrected chi connectivity index (χ3v) is 5.68. The van der Waals surface area contributed by atoms with Crippen molar-refractivity contribution in [1.82, 2.24) is 9.88 Å². The van der Waals surface area contributed by atoms with Crippen LogP contribution in [0.1, 0.15) is 49.2 Å². The number of primary amides is 1. The second-order valence-corrected chi connectivity index (χ2v) is 9.26. The molecule has 1 aliphatic rings. The molecular weight excluding hydrogens is 420 g/mol. The Labute approximate surface area is 192 Å². The minimum atomic E-state index is -0.717. The van der Waals surface area contributed by atoms with Crippen molar-refractivity contribution in [2.45, 2.75) is 44.8 Å². The first kappa shape index (κ1) is 22.4. The highest BCUT2D eigenvalue weighted by Gasteiger charge is 2.44. The van der Waals surface area contributed by atoms with Crippen LogP contribution in [0.3, 0.4) is 0 Å². The van der Waals surface area contributed by atoms with E-state index in [4.69, 9.17) is 10.5 Å². The van der Waals surface area contributed by atoms with Gasteiger partial charge in [0, 0.05) is 29.1 Å². The molecule has 0 radical (unpaired) electrons. The van der Waals surface area contributed by atoms with Gasteiger partial charge in [-0.2, -0.15) is 0 Å². The molecule has 0 bridgehead atoms. The normalized spacial score (nSPS) is 18.3. The molecule has 2 unspecified atom stereocenters. The van der Waals surface area contributed by atoms with Gasteiger partial charge < -0.3 is 20.8 Å². The highest BCUT2D eigenvalue weighted by atomic mass is 16.6. The van der Waals surface area contributed by atoms with Crippen molar-refractivity contribution in [3.05, 3.63) is 65.9 Å². The van der Waals surface area contributed by atoms with Gasteiger partial charge in [0.2, 0.25) is 5.91 Å². The van der Waals surface area contributed by atoms with Crippen molar-refractivity contribution >= 4 is 34.5 Å². The molecule has 3 aromatic rings. The number of rotatable bonds is 4. The van der Waals surface area contributed by atoms with Crippen molar-refractivity contribution in [2.24, 2.45) is 5.73 Å². The highest BCUT2D eigenvalue weighted by molar-refractivity contribution is 6.01. The molecule has 0 spiro atoms. The van der Waals surface area contributed by atoms with Crippen molar-refractivity contribution in [3.8, 4) is 0 Å². The number of anilines is 1. The third kappa shape index (κ3) is 4.84. The molecule has 4 N–H and O–H groups in total. The number of hydrogen-bond acceptors (Lipinski definition) is 4. The number of carbonyl (C=O) groups excluding carboxylic acids is 3. The quantitative estimate of drug-likeness (QED) is 0.559. The van der Waals surface area contributed by atoms with Crippen LogP contribution in [-0.2, 0) is 9.53 Å². The van der Waals surface area contributed by atoms with Crippen LogP contribution in [-0.4, -0.2) is 46.0 Å². The molecule has 8 nitrogen and oxygen atoms in total. The van der Waals surface area contributed by atoms with Gasteiger partial charge in [0.15, 0.2) is 0 Å². The van der Waals surface area contributed by atoms with E-state index < -0.39 is 23.6 Å². The van der Waals surface area contributed by atoms with Gasteiger partial charge in [0.1, 0.15) is 17.3 Å². The second-order valence-electron chi connectivity index (χ2n) is 9.26. The Hall–Kier alpha value is -3.81. The fourth-order valence-corrected chi connectivity index (χ4v) is 4.25. The van der Waals surface area contributed by atoms with Crippen molar-refractivity contribution in [2.75, 3.05) is 11.9 Å². The molecule has 1 fully saturated rings. The van der Waals surface area contributed by atoms with Gasteiger partial charge in [0.25, 0.3) is 5.91 Å². The number of amides is 3. The Bertz CT molecular complexity index is 1200. The lowest BCUT2D eigenvalue weighted by Crippen LogP contribution is -2.47. The molecule has 1 aromatic heterocycles. The summed E-state index contributed by atoms with van der Waals surface area (Å²) in [5, 5.41) is 3.69. The van der Waals surface area contributed by atoms with Crippen molar-refractivity contribution in [3.63, 3.8) is 0 Å². The highest BCUT2D eigenvalue weighted by Crippen LogP contribution is 2.35. The van der Waals surface area contributed by atoms with E-state index in [1.165, 1.54) is 4.90 Å². The van der Waals surface area contributed by atoms with Crippen LogP contribution in [0.4, 0.5) is 10.5 Å². The van der Waals surface area contributed by atoms with Crippen LogP contribution >= 0.6 is 0 Å². The minimum absolute atomic E-state index is 0.156. The van der Waals surface area contributed by atoms with Gasteiger partial charge in [-0.15, -0.1) is 0 Å². The molecule has 2 atom stereocenters. The van der Waals surface area contributed by atoms with E-state index in [2.05, 4.69) is 10.3 Å². The van der Waals surface area contributed by atoms with E-state index in [0.717, 1.165) is 16.5 Å². The second kappa shape index (κ2) is 8.61. The number of carbonyl (C=O) groups is 3. The number of ether oxygens (including phenoxy) is 1. The smallest absolute Gasteiger partial charge is 0.410 e. The predicted molar refractivity (Wildman–Crippen MR) is 126 cm³/mol. The molecule has 0 aliphatic carbocycles. The van der Waals surface area contributed by atoms with Crippen LogP contribution in [0.25, 0.3) is 10.9 Å². The standard InChI is InChI=1S/C25H28N4O4/c1-25(2,3)33-24(32)29-12-11-18(15-7-5-4-6-8-15)21(29)23(31)27-17-9-10-19-16(13-17)14-20(28-19)22(26)30/h4-10,13-14,18,21,28H,11-12H2,1-3H3,(H2,26,30)(H,27,31). The summed E-state index contributed by atoms with van der Waals surface area (Å²) in [7, 11) is 0. The maximum Gasteiger partial charge on any atom is 0.410 e. The number of nitrogens with two attached hydrogens (primary N) is 1. The Balaban J connectivity index is 1.62. The largest absolute Gasteiger partial charge is 0.444 e. The molecule has 4 rings (SSSR count). The average Bonchev–Trinajstić information content (AvgIpc) is 3.37. The lowest BCUT2D eigenvalue weighted by Gasteiger charge is -2.30. The van der Waals surface area contributed by atoms with E-state index in [-0.39, 0.29) is 11.8 Å². The Morgan fingerprint density at radius 2 is 1.82 bits per heavy atom. The SMILES string of the molecule is CC(C)(C)OC(=O)N1CCC(c2ccccc2)C1C(=O)Nc1ccc2[nH]c(C(N)=O)cc2c1.